The molecule has 0 bridgehead atoms. The topological polar surface area (TPSA) is 15.3 Å². The van der Waals surface area contributed by atoms with Crippen molar-refractivity contribution in [2.45, 2.75) is 26.3 Å². The third-order valence-electron chi connectivity index (χ3n) is 3.62. The van der Waals surface area contributed by atoms with Crippen molar-refractivity contribution in [2.75, 3.05) is 26.2 Å². The molecule has 0 saturated carbocycles. The molecule has 0 radical (unpaired) electrons. The van der Waals surface area contributed by atoms with Gasteiger partial charge in [-0.05, 0) is 61.9 Å². The molecule has 0 unspecified atom stereocenters. The SMILES string of the molecule is CC(C)C[C@@H](c1ccc(Br)c(Br)c1)N1CCNCC1. The first-order valence-electron chi connectivity index (χ1n) is 6.97. The quantitative estimate of drug-likeness (QED) is 0.829. The van der Waals surface area contributed by atoms with Crippen LogP contribution in [0.4, 0.5) is 0 Å². The predicted molar refractivity (Wildman–Crippen MR) is 88.5 cm³/mol. The largest absolute Gasteiger partial charge is 0.314 e. The van der Waals surface area contributed by atoms with Gasteiger partial charge in [-0.15, -0.1) is 0 Å². The molecule has 4 heteroatoms. The molecule has 0 spiro atoms. The monoisotopic (exact) mass is 388 g/mol. The molecule has 1 atom stereocenters. The highest BCUT2D eigenvalue weighted by Crippen LogP contribution is 2.32. The van der Waals surface area contributed by atoms with Crippen molar-refractivity contribution < 1.29 is 0 Å². The summed E-state index contributed by atoms with van der Waals surface area (Å²) in [6.07, 6.45) is 1.22. The molecule has 1 saturated heterocycles. The second-order valence-electron chi connectivity index (χ2n) is 5.60. The number of rotatable bonds is 4. The van der Waals surface area contributed by atoms with E-state index in [1.807, 2.05) is 0 Å². The van der Waals surface area contributed by atoms with E-state index >= 15 is 0 Å². The summed E-state index contributed by atoms with van der Waals surface area (Å²) in [5.74, 6) is 0.710. The Labute approximate surface area is 133 Å². The maximum absolute atomic E-state index is 3.63. The Morgan fingerprint density at radius 2 is 1.84 bits per heavy atom. The molecule has 19 heavy (non-hydrogen) atoms. The molecule has 0 aromatic heterocycles. The first-order chi connectivity index (χ1) is 9.08. The fourth-order valence-corrected chi connectivity index (χ4v) is 3.30. The second-order valence-corrected chi connectivity index (χ2v) is 7.31. The molecule has 0 aliphatic carbocycles. The summed E-state index contributed by atoms with van der Waals surface area (Å²) in [5, 5.41) is 3.44. The van der Waals surface area contributed by atoms with Crippen molar-refractivity contribution in [1.82, 2.24) is 10.2 Å². The number of hydrogen-bond acceptors (Lipinski definition) is 2. The Balaban J connectivity index is 2.22. The third kappa shape index (κ3) is 4.28. The Bertz CT molecular complexity index is 415. The van der Waals surface area contributed by atoms with Gasteiger partial charge in [-0.1, -0.05) is 19.9 Å². The smallest absolute Gasteiger partial charge is 0.0352 e. The zero-order chi connectivity index (χ0) is 13.8. The number of halogens is 2. The van der Waals surface area contributed by atoms with Crippen LogP contribution in [-0.2, 0) is 0 Å². The Hall–Kier alpha value is 0.1000. The summed E-state index contributed by atoms with van der Waals surface area (Å²) in [6.45, 7) is 9.11. The normalized spacial score (nSPS) is 18.8. The lowest BCUT2D eigenvalue weighted by Gasteiger charge is -2.36. The average Bonchev–Trinajstić information content (AvgIpc) is 2.40. The Morgan fingerprint density at radius 3 is 2.42 bits per heavy atom. The summed E-state index contributed by atoms with van der Waals surface area (Å²) < 4.78 is 2.27. The fourth-order valence-electron chi connectivity index (χ4n) is 2.66. The van der Waals surface area contributed by atoms with Gasteiger partial charge in [-0.25, -0.2) is 0 Å². The van der Waals surface area contributed by atoms with Crippen LogP contribution in [0.15, 0.2) is 27.1 Å². The summed E-state index contributed by atoms with van der Waals surface area (Å²) in [7, 11) is 0. The van der Waals surface area contributed by atoms with Crippen molar-refractivity contribution >= 4 is 31.9 Å². The van der Waals surface area contributed by atoms with E-state index in [1.54, 1.807) is 0 Å². The molecule has 106 valence electrons. The molecular formula is C15H22Br2N2. The molecular weight excluding hydrogens is 368 g/mol. The van der Waals surface area contributed by atoms with E-state index in [-0.39, 0.29) is 0 Å². The van der Waals surface area contributed by atoms with Gasteiger partial charge in [0.1, 0.15) is 0 Å². The third-order valence-corrected chi connectivity index (χ3v) is 5.50. The van der Waals surface area contributed by atoms with Gasteiger partial charge in [0.05, 0.1) is 0 Å². The molecule has 1 fully saturated rings. The van der Waals surface area contributed by atoms with Gasteiger partial charge in [0.15, 0.2) is 0 Å². The van der Waals surface area contributed by atoms with Crippen LogP contribution >= 0.6 is 31.9 Å². The minimum Gasteiger partial charge on any atom is -0.314 e. The lowest BCUT2D eigenvalue weighted by Crippen LogP contribution is -2.45. The van der Waals surface area contributed by atoms with Crippen molar-refractivity contribution in [3.63, 3.8) is 0 Å². The van der Waals surface area contributed by atoms with E-state index in [1.165, 1.54) is 12.0 Å². The van der Waals surface area contributed by atoms with Crippen LogP contribution in [-0.4, -0.2) is 31.1 Å². The molecule has 1 aliphatic rings. The summed E-state index contributed by atoms with van der Waals surface area (Å²) in [6, 6.07) is 7.20. The highest BCUT2D eigenvalue weighted by Gasteiger charge is 2.23. The Morgan fingerprint density at radius 1 is 1.16 bits per heavy atom. The van der Waals surface area contributed by atoms with Crippen molar-refractivity contribution in [1.29, 1.82) is 0 Å². The zero-order valence-corrected chi connectivity index (χ0v) is 14.8. The van der Waals surface area contributed by atoms with Crippen LogP contribution in [0.3, 0.4) is 0 Å². The standard InChI is InChI=1S/C15H22Br2N2/c1-11(2)9-15(19-7-5-18-6-8-19)12-3-4-13(16)14(17)10-12/h3-4,10-11,15,18H,5-9H2,1-2H3/t15-/m0/s1. The van der Waals surface area contributed by atoms with Crippen LogP contribution in [0.5, 0.6) is 0 Å². The molecule has 1 heterocycles. The number of benzene rings is 1. The van der Waals surface area contributed by atoms with E-state index in [4.69, 9.17) is 0 Å². The van der Waals surface area contributed by atoms with Gasteiger partial charge < -0.3 is 5.32 Å². The van der Waals surface area contributed by atoms with E-state index in [0.29, 0.717) is 12.0 Å². The predicted octanol–water partition coefficient (Wildman–Crippen LogP) is 4.20. The lowest BCUT2D eigenvalue weighted by atomic mass is 9.95. The minimum atomic E-state index is 0.534. The van der Waals surface area contributed by atoms with Gasteiger partial charge in [-0.2, -0.15) is 0 Å². The highest BCUT2D eigenvalue weighted by molar-refractivity contribution is 9.13. The molecule has 2 nitrogen and oxygen atoms in total. The second kappa shape index (κ2) is 7.21. The molecule has 1 N–H and O–H groups in total. The van der Waals surface area contributed by atoms with Crippen LogP contribution in [0, 0.1) is 5.92 Å². The summed E-state index contributed by atoms with van der Waals surface area (Å²) >= 11 is 7.18. The van der Waals surface area contributed by atoms with Crippen molar-refractivity contribution in [2.24, 2.45) is 5.92 Å². The minimum absolute atomic E-state index is 0.534. The van der Waals surface area contributed by atoms with Crippen LogP contribution in [0.2, 0.25) is 0 Å². The van der Waals surface area contributed by atoms with Crippen LogP contribution in [0.25, 0.3) is 0 Å². The molecule has 1 aliphatic heterocycles. The van der Waals surface area contributed by atoms with E-state index < -0.39 is 0 Å². The van der Waals surface area contributed by atoms with Crippen molar-refractivity contribution in [3.8, 4) is 0 Å². The fraction of sp³-hybridized carbons (Fsp3) is 0.600. The van der Waals surface area contributed by atoms with Crippen LogP contribution in [0.1, 0.15) is 31.9 Å². The van der Waals surface area contributed by atoms with E-state index in [2.05, 4.69) is 74.1 Å². The number of hydrogen-bond donors (Lipinski definition) is 1. The Kier molecular flexibility index (Phi) is 5.87. The number of nitrogens with one attached hydrogen (secondary N) is 1. The molecule has 1 aromatic rings. The van der Waals surface area contributed by atoms with Gasteiger partial charge >= 0.3 is 0 Å². The first kappa shape index (κ1) is 15.5. The first-order valence-corrected chi connectivity index (χ1v) is 8.56. The van der Waals surface area contributed by atoms with E-state index in [0.717, 1.165) is 35.1 Å². The van der Waals surface area contributed by atoms with Gasteiger partial charge in [-0.3, -0.25) is 4.90 Å². The van der Waals surface area contributed by atoms with Gasteiger partial charge in [0, 0.05) is 41.2 Å². The zero-order valence-electron chi connectivity index (χ0n) is 11.6. The van der Waals surface area contributed by atoms with Crippen LogP contribution < -0.4 is 5.32 Å². The molecule has 1 aromatic carbocycles. The highest BCUT2D eigenvalue weighted by atomic mass is 79.9. The van der Waals surface area contributed by atoms with Gasteiger partial charge in [0.2, 0.25) is 0 Å². The molecule has 2 rings (SSSR count). The number of piperazine rings is 1. The summed E-state index contributed by atoms with van der Waals surface area (Å²) in [4.78, 5) is 2.62. The summed E-state index contributed by atoms with van der Waals surface area (Å²) in [5.41, 5.74) is 1.42. The van der Waals surface area contributed by atoms with E-state index in [9.17, 15) is 0 Å². The maximum atomic E-state index is 3.63. The van der Waals surface area contributed by atoms with Gasteiger partial charge in [0.25, 0.3) is 0 Å². The maximum Gasteiger partial charge on any atom is 0.0352 e. The molecule has 0 amide bonds. The number of nitrogens with zero attached hydrogens (tertiary/aromatic N) is 1. The van der Waals surface area contributed by atoms with Crippen molar-refractivity contribution in [3.05, 3.63) is 32.7 Å². The average molecular weight is 390 g/mol. The lowest BCUT2D eigenvalue weighted by molar-refractivity contribution is 0.154.